The number of hydrogen-bond acceptors (Lipinski definition) is 3. The molecule has 1 heterocycles. The van der Waals surface area contributed by atoms with Crippen LogP contribution < -0.4 is 11.2 Å². The third-order valence-corrected chi connectivity index (χ3v) is 2.71. The van der Waals surface area contributed by atoms with Gasteiger partial charge < -0.3 is 5.11 Å². The first-order chi connectivity index (χ1) is 7.71. The number of halogens is 4. The Kier molecular flexibility index (Phi) is 2.14. The third-order valence-electron chi connectivity index (χ3n) is 2.71. The van der Waals surface area contributed by atoms with Crippen molar-refractivity contribution in [3.05, 3.63) is 26.7 Å². The number of aromatic nitrogens is 2. The van der Waals surface area contributed by atoms with E-state index in [-0.39, 0.29) is 4.57 Å². The standard InChI is InChI=1S/C8H6F4N2O3/c9-3-4(15)13-6(17)14(5(3)16)7(1-2-7)8(10,11)12/h16H,1-2H2,(H,13,15,17). The summed E-state index contributed by atoms with van der Waals surface area (Å²) >= 11 is 0. The Balaban J connectivity index is 2.75. The van der Waals surface area contributed by atoms with Gasteiger partial charge in [-0.15, -0.1) is 0 Å². The number of alkyl halides is 3. The highest BCUT2D eigenvalue weighted by Gasteiger charge is 2.66. The molecule has 1 saturated carbocycles. The van der Waals surface area contributed by atoms with E-state index in [1.54, 1.807) is 0 Å². The number of nitrogens with zero attached hydrogens (tertiary/aromatic N) is 1. The first-order valence-corrected chi connectivity index (χ1v) is 4.52. The van der Waals surface area contributed by atoms with Gasteiger partial charge in [0.25, 0.3) is 5.56 Å². The lowest BCUT2D eigenvalue weighted by atomic mass is 10.2. The molecule has 1 aromatic heterocycles. The van der Waals surface area contributed by atoms with Crippen LogP contribution in [0.15, 0.2) is 9.59 Å². The minimum atomic E-state index is -4.81. The molecule has 0 bridgehead atoms. The minimum absolute atomic E-state index is 0.149. The molecule has 0 aromatic carbocycles. The Labute approximate surface area is 90.3 Å². The summed E-state index contributed by atoms with van der Waals surface area (Å²) in [5, 5.41) is 9.17. The van der Waals surface area contributed by atoms with Gasteiger partial charge in [-0.2, -0.15) is 17.6 Å². The molecule has 0 spiro atoms. The van der Waals surface area contributed by atoms with Crippen LogP contribution in [0.25, 0.3) is 0 Å². The molecule has 0 aliphatic heterocycles. The van der Waals surface area contributed by atoms with Crippen molar-refractivity contribution in [3.8, 4) is 5.88 Å². The SMILES string of the molecule is O=c1[nH]c(=O)n(C2(C(F)(F)F)CC2)c(O)c1F. The van der Waals surface area contributed by atoms with Crippen molar-refractivity contribution in [2.45, 2.75) is 24.6 Å². The lowest BCUT2D eigenvalue weighted by Gasteiger charge is -2.22. The van der Waals surface area contributed by atoms with Gasteiger partial charge in [-0.1, -0.05) is 0 Å². The molecule has 0 saturated heterocycles. The highest BCUT2D eigenvalue weighted by Crippen LogP contribution is 2.55. The Morgan fingerprint density at radius 2 is 1.82 bits per heavy atom. The number of hydrogen-bond donors (Lipinski definition) is 2. The summed E-state index contributed by atoms with van der Waals surface area (Å²) in [5.74, 6) is -3.39. The molecule has 0 atom stereocenters. The monoisotopic (exact) mass is 254 g/mol. The Bertz CT molecular complexity index is 582. The van der Waals surface area contributed by atoms with Crippen molar-refractivity contribution in [1.82, 2.24) is 9.55 Å². The van der Waals surface area contributed by atoms with Crippen LogP contribution in [0.2, 0.25) is 0 Å². The van der Waals surface area contributed by atoms with Crippen molar-refractivity contribution in [3.63, 3.8) is 0 Å². The number of aromatic amines is 1. The predicted octanol–water partition coefficient (Wildman–Crippen LogP) is 0.433. The van der Waals surface area contributed by atoms with Gasteiger partial charge in [0, 0.05) is 0 Å². The molecule has 1 aliphatic rings. The molecule has 5 nitrogen and oxygen atoms in total. The Morgan fingerprint density at radius 3 is 2.24 bits per heavy atom. The van der Waals surface area contributed by atoms with Crippen molar-refractivity contribution >= 4 is 0 Å². The molecule has 2 rings (SSSR count). The van der Waals surface area contributed by atoms with Crippen molar-refractivity contribution in [1.29, 1.82) is 0 Å². The number of rotatable bonds is 1. The van der Waals surface area contributed by atoms with E-state index in [9.17, 15) is 27.2 Å². The van der Waals surface area contributed by atoms with Crippen LogP contribution in [-0.4, -0.2) is 20.8 Å². The van der Waals surface area contributed by atoms with E-state index >= 15 is 0 Å². The predicted molar refractivity (Wildman–Crippen MR) is 46.2 cm³/mol. The van der Waals surface area contributed by atoms with E-state index in [4.69, 9.17) is 5.11 Å². The van der Waals surface area contributed by atoms with Gasteiger partial charge in [-0.25, -0.2) is 9.36 Å². The molecule has 9 heteroatoms. The summed E-state index contributed by atoms with van der Waals surface area (Å²) in [6.45, 7) is 0. The first kappa shape index (κ1) is 11.7. The van der Waals surface area contributed by atoms with E-state index in [1.807, 2.05) is 0 Å². The largest absolute Gasteiger partial charge is 0.492 e. The molecule has 17 heavy (non-hydrogen) atoms. The molecular formula is C8H6F4N2O3. The summed E-state index contributed by atoms with van der Waals surface area (Å²) in [6.07, 6.45) is -5.70. The second kappa shape index (κ2) is 3.11. The summed E-state index contributed by atoms with van der Waals surface area (Å²) in [7, 11) is 0. The van der Waals surface area contributed by atoms with Gasteiger partial charge in [0.05, 0.1) is 0 Å². The van der Waals surface area contributed by atoms with Crippen LogP contribution in [-0.2, 0) is 5.54 Å². The zero-order chi connectivity index (χ0) is 13.0. The van der Waals surface area contributed by atoms with E-state index in [0.29, 0.717) is 0 Å². The summed E-state index contributed by atoms with van der Waals surface area (Å²) in [6, 6.07) is 0. The smallest absolute Gasteiger partial charge is 0.412 e. The fourth-order valence-corrected chi connectivity index (χ4v) is 1.65. The second-order valence-electron chi connectivity index (χ2n) is 3.76. The maximum absolute atomic E-state index is 13.0. The fourth-order valence-electron chi connectivity index (χ4n) is 1.65. The zero-order valence-corrected chi connectivity index (χ0v) is 8.14. The van der Waals surface area contributed by atoms with E-state index in [2.05, 4.69) is 0 Å². The maximum atomic E-state index is 13.0. The van der Waals surface area contributed by atoms with Gasteiger partial charge in [-0.05, 0) is 12.8 Å². The molecule has 1 aliphatic carbocycles. The van der Waals surface area contributed by atoms with Crippen molar-refractivity contribution in [2.24, 2.45) is 0 Å². The normalized spacial score (nSPS) is 18.1. The van der Waals surface area contributed by atoms with E-state index in [0.717, 1.165) is 0 Å². The fraction of sp³-hybridized carbons (Fsp3) is 0.500. The van der Waals surface area contributed by atoms with Crippen LogP contribution in [0.1, 0.15) is 12.8 Å². The molecule has 0 unspecified atom stereocenters. The molecule has 2 N–H and O–H groups in total. The lowest BCUT2D eigenvalue weighted by Crippen LogP contribution is -2.44. The quantitative estimate of drug-likeness (QED) is 0.714. The zero-order valence-electron chi connectivity index (χ0n) is 8.14. The van der Waals surface area contributed by atoms with Crippen LogP contribution in [0, 0.1) is 5.82 Å². The van der Waals surface area contributed by atoms with Crippen molar-refractivity contribution in [2.75, 3.05) is 0 Å². The number of nitrogens with one attached hydrogen (secondary N) is 1. The third kappa shape index (κ3) is 1.45. The van der Waals surface area contributed by atoms with Crippen LogP contribution in [0.4, 0.5) is 17.6 Å². The average Bonchev–Trinajstić information content (AvgIpc) is 2.94. The highest BCUT2D eigenvalue weighted by atomic mass is 19.4. The molecule has 0 radical (unpaired) electrons. The molecular weight excluding hydrogens is 248 g/mol. The second-order valence-corrected chi connectivity index (χ2v) is 3.76. The summed E-state index contributed by atoms with van der Waals surface area (Å²) in [4.78, 5) is 23.3. The summed E-state index contributed by atoms with van der Waals surface area (Å²) in [5.41, 5.74) is -5.65. The number of H-pyrrole nitrogens is 1. The van der Waals surface area contributed by atoms with Crippen molar-refractivity contribution < 1.29 is 22.7 Å². The van der Waals surface area contributed by atoms with E-state index < -0.39 is 47.5 Å². The minimum Gasteiger partial charge on any atom is -0.492 e. The van der Waals surface area contributed by atoms with Gasteiger partial charge in [0.15, 0.2) is 0 Å². The maximum Gasteiger partial charge on any atom is 0.412 e. The molecule has 1 aromatic rings. The number of aromatic hydroxyl groups is 1. The van der Waals surface area contributed by atoms with Gasteiger partial charge >= 0.3 is 11.9 Å². The van der Waals surface area contributed by atoms with Gasteiger partial charge in [0.2, 0.25) is 11.7 Å². The Hall–Kier alpha value is -1.80. The van der Waals surface area contributed by atoms with Crippen LogP contribution in [0.3, 0.4) is 0 Å². The summed E-state index contributed by atoms with van der Waals surface area (Å²) < 4.78 is 50.9. The van der Waals surface area contributed by atoms with Gasteiger partial charge in [-0.3, -0.25) is 9.78 Å². The van der Waals surface area contributed by atoms with Crippen LogP contribution >= 0.6 is 0 Å². The lowest BCUT2D eigenvalue weighted by molar-refractivity contribution is -0.182. The first-order valence-electron chi connectivity index (χ1n) is 4.52. The highest BCUT2D eigenvalue weighted by molar-refractivity contribution is 5.18. The molecule has 0 amide bonds. The van der Waals surface area contributed by atoms with Gasteiger partial charge in [0.1, 0.15) is 5.54 Å². The Morgan fingerprint density at radius 1 is 1.29 bits per heavy atom. The van der Waals surface area contributed by atoms with E-state index in [1.165, 1.54) is 4.98 Å². The topological polar surface area (TPSA) is 75.1 Å². The van der Waals surface area contributed by atoms with Crippen LogP contribution in [0.5, 0.6) is 5.88 Å². The average molecular weight is 254 g/mol. The molecule has 1 fully saturated rings. The molecule has 94 valence electrons.